The summed E-state index contributed by atoms with van der Waals surface area (Å²) < 4.78 is 13.3. The highest BCUT2D eigenvalue weighted by atomic mass is 32.1. The van der Waals surface area contributed by atoms with E-state index in [2.05, 4.69) is 39.7 Å². The molecule has 1 aliphatic heterocycles. The topological polar surface area (TPSA) is 55.5 Å². The van der Waals surface area contributed by atoms with Gasteiger partial charge in [0, 0.05) is 23.3 Å². The zero-order chi connectivity index (χ0) is 22.9. The zero-order valence-corrected chi connectivity index (χ0v) is 19.7. The van der Waals surface area contributed by atoms with Gasteiger partial charge in [-0.05, 0) is 86.2 Å². The maximum Gasteiger partial charge on any atom is 0.174 e. The number of furan rings is 1. The number of hydrogen-bond donors (Lipinski definition) is 1. The van der Waals surface area contributed by atoms with E-state index in [1.807, 2.05) is 60.8 Å². The van der Waals surface area contributed by atoms with Gasteiger partial charge in [0.25, 0.3) is 0 Å². The molecular formula is C26H26N4O2S. The Kier molecular flexibility index (Phi) is 5.64. The molecule has 168 valence electrons. The minimum atomic E-state index is -0.0848. The molecule has 4 aromatic rings. The molecule has 4 heterocycles. The van der Waals surface area contributed by atoms with Crippen LogP contribution in [0.2, 0.25) is 0 Å². The molecule has 5 rings (SSSR count). The van der Waals surface area contributed by atoms with Gasteiger partial charge in [0.15, 0.2) is 5.11 Å². The Morgan fingerprint density at radius 3 is 2.58 bits per heavy atom. The van der Waals surface area contributed by atoms with Crippen LogP contribution in [0.15, 0.2) is 77.5 Å². The zero-order valence-electron chi connectivity index (χ0n) is 18.9. The number of nitrogens with one attached hydrogen (secondary N) is 1. The fourth-order valence-electron chi connectivity index (χ4n) is 4.62. The molecule has 7 heteroatoms. The van der Waals surface area contributed by atoms with E-state index < -0.39 is 0 Å². The molecule has 0 radical (unpaired) electrons. The van der Waals surface area contributed by atoms with Gasteiger partial charge in [-0.1, -0.05) is 6.07 Å². The monoisotopic (exact) mass is 458 g/mol. The fraction of sp³-hybridized carbons (Fsp3) is 0.231. The number of hydrogen-bond acceptors (Lipinski definition) is 4. The molecule has 0 amide bonds. The third-order valence-corrected chi connectivity index (χ3v) is 6.59. The first-order valence-electron chi connectivity index (χ1n) is 10.9. The van der Waals surface area contributed by atoms with Crippen LogP contribution in [0.5, 0.6) is 5.75 Å². The van der Waals surface area contributed by atoms with E-state index >= 15 is 0 Å². The minimum Gasteiger partial charge on any atom is -0.497 e. The van der Waals surface area contributed by atoms with Crippen molar-refractivity contribution >= 4 is 23.0 Å². The van der Waals surface area contributed by atoms with Crippen molar-refractivity contribution in [2.45, 2.75) is 32.5 Å². The average Bonchev–Trinajstić information content (AvgIpc) is 3.54. The van der Waals surface area contributed by atoms with E-state index in [0.717, 1.165) is 22.9 Å². The van der Waals surface area contributed by atoms with Gasteiger partial charge in [0.2, 0.25) is 0 Å². The Bertz CT molecular complexity index is 1250. The first kappa shape index (κ1) is 21.3. The molecule has 0 unspecified atom stereocenters. The normalized spacial score (nSPS) is 17.9. The third-order valence-electron chi connectivity index (χ3n) is 6.27. The number of aromatic nitrogens is 2. The van der Waals surface area contributed by atoms with E-state index in [-0.39, 0.29) is 12.1 Å². The Balaban J connectivity index is 1.61. The standard InChI is InChI=1S/C26H26N4O2S/c1-17-15-22(18(2)29(17)16-21-7-6-14-32-21)25-24(23-8-4-5-13-27-23)28-26(33)30(25)19-9-11-20(31-3)12-10-19/h4-15,24-25H,16H2,1-3H3,(H,28,33)/t24-,25-/m1/s1. The SMILES string of the molecule is COc1ccc(N2C(=S)N[C@H](c3ccccn3)[C@H]2c2cc(C)n(Cc3ccco3)c2C)cc1. The van der Waals surface area contributed by atoms with Gasteiger partial charge in [-0.3, -0.25) is 4.98 Å². The highest BCUT2D eigenvalue weighted by Gasteiger charge is 2.42. The van der Waals surface area contributed by atoms with Crippen LogP contribution in [0.3, 0.4) is 0 Å². The van der Waals surface area contributed by atoms with Crippen LogP contribution >= 0.6 is 12.2 Å². The van der Waals surface area contributed by atoms with Crippen molar-refractivity contribution in [2.24, 2.45) is 0 Å². The van der Waals surface area contributed by atoms with Gasteiger partial charge < -0.3 is 23.9 Å². The molecule has 0 bridgehead atoms. The van der Waals surface area contributed by atoms with Gasteiger partial charge in [0.05, 0.1) is 37.7 Å². The minimum absolute atomic E-state index is 0.0580. The van der Waals surface area contributed by atoms with Gasteiger partial charge in [0.1, 0.15) is 11.5 Å². The van der Waals surface area contributed by atoms with Gasteiger partial charge in [-0.25, -0.2) is 0 Å². The Morgan fingerprint density at radius 1 is 1.09 bits per heavy atom. The van der Waals surface area contributed by atoms with E-state index in [9.17, 15) is 0 Å². The number of thiocarbonyl (C=S) groups is 1. The largest absolute Gasteiger partial charge is 0.497 e. The lowest BCUT2D eigenvalue weighted by molar-refractivity contribution is 0.415. The summed E-state index contributed by atoms with van der Waals surface area (Å²) in [5.74, 6) is 1.74. The van der Waals surface area contributed by atoms with Crippen LogP contribution in [0, 0.1) is 13.8 Å². The number of ether oxygens (including phenoxy) is 1. The highest BCUT2D eigenvalue weighted by molar-refractivity contribution is 7.80. The summed E-state index contributed by atoms with van der Waals surface area (Å²) >= 11 is 5.85. The summed E-state index contributed by atoms with van der Waals surface area (Å²) in [6.07, 6.45) is 3.54. The molecule has 1 aliphatic rings. The molecule has 0 aliphatic carbocycles. The predicted octanol–water partition coefficient (Wildman–Crippen LogP) is 5.33. The van der Waals surface area contributed by atoms with Crippen LogP contribution < -0.4 is 15.0 Å². The second-order valence-corrected chi connectivity index (χ2v) is 8.57. The lowest BCUT2D eigenvalue weighted by atomic mass is 9.96. The summed E-state index contributed by atoms with van der Waals surface area (Å²) in [6, 6.07) is 20.0. The summed E-state index contributed by atoms with van der Waals surface area (Å²) in [4.78, 5) is 6.84. The summed E-state index contributed by atoms with van der Waals surface area (Å²) in [5.41, 5.74) is 5.52. The van der Waals surface area contributed by atoms with Crippen LogP contribution in [-0.4, -0.2) is 21.8 Å². The smallest absolute Gasteiger partial charge is 0.174 e. The number of anilines is 1. The number of aryl methyl sites for hydroxylation is 1. The van der Waals surface area contributed by atoms with Crippen molar-refractivity contribution in [3.63, 3.8) is 0 Å². The Morgan fingerprint density at radius 2 is 1.91 bits per heavy atom. The highest BCUT2D eigenvalue weighted by Crippen LogP contribution is 2.43. The first-order valence-corrected chi connectivity index (χ1v) is 11.3. The van der Waals surface area contributed by atoms with Crippen LogP contribution in [0.4, 0.5) is 5.69 Å². The molecular weight excluding hydrogens is 432 g/mol. The van der Waals surface area contributed by atoms with Crippen molar-refractivity contribution in [2.75, 3.05) is 12.0 Å². The third kappa shape index (κ3) is 3.89. The number of methoxy groups -OCH3 is 1. The second kappa shape index (κ2) is 8.75. The van der Waals surface area contributed by atoms with Crippen LogP contribution in [-0.2, 0) is 6.54 Å². The summed E-state index contributed by atoms with van der Waals surface area (Å²) in [7, 11) is 1.67. The maximum absolute atomic E-state index is 5.85. The lowest BCUT2D eigenvalue weighted by Crippen LogP contribution is -2.29. The van der Waals surface area contributed by atoms with Crippen molar-refractivity contribution in [3.8, 4) is 5.75 Å². The van der Waals surface area contributed by atoms with Crippen molar-refractivity contribution in [3.05, 3.63) is 102 Å². The summed E-state index contributed by atoms with van der Waals surface area (Å²) in [5, 5.41) is 4.21. The molecule has 2 atom stereocenters. The quantitative estimate of drug-likeness (QED) is 0.394. The van der Waals surface area contributed by atoms with Crippen LogP contribution in [0.1, 0.15) is 40.5 Å². The van der Waals surface area contributed by atoms with E-state index in [0.29, 0.717) is 11.7 Å². The number of rotatable bonds is 6. The molecule has 0 spiro atoms. The van der Waals surface area contributed by atoms with Gasteiger partial charge in [-0.2, -0.15) is 0 Å². The summed E-state index contributed by atoms with van der Waals surface area (Å²) in [6.45, 7) is 4.98. The molecule has 1 aromatic carbocycles. The Labute approximate surface area is 198 Å². The molecule has 33 heavy (non-hydrogen) atoms. The van der Waals surface area contributed by atoms with Crippen molar-refractivity contribution in [1.29, 1.82) is 0 Å². The molecule has 0 saturated carbocycles. The molecule has 1 fully saturated rings. The van der Waals surface area contributed by atoms with Crippen molar-refractivity contribution < 1.29 is 9.15 Å². The number of nitrogens with zero attached hydrogens (tertiary/aromatic N) is 3. The second-order valence-electron chi connectivity index (χ2n) is 8.19. The lowest BCUT2D eigenvalue weighted by Gasteiger charge is -2.28. The molecule has 3 aromatic heterocycles. The first-order chi connectivity index (χ1) is 16.1. The number of pyridine rings is 1. The predicted molar refractivity (Wildman–Crippen MR) is 133 cm³/mol. The van der Waals surface area contributed by atoms with Crippen molar-refractivity contribution in [1.82, 2.24) is 14.9 Å². The molecule has 1 saturated heterocycles. The Hall–Kier alpha value is -3.58. The number of benzene rings is 1. The fourth-order valence-corrected chi connectivity index (χ4v) is 4.97. The van der Waals surface area contributed by atoms with Gasteiger partial charge in [-0.15, -0.1) is 0 Å². The average molecular weight is 459 g/mol. The van der Waals surface area contributed by atoms with E-state index in [1.165, 1.54) is 17.0 Å². The van der Waals surface area contributed by atoms with Gasteiger partial charge >= 0.3 is 0 Å². The molecule has 6 nitrogen and oxygen atoms in total. The van der Waals surface area contributed by atoms with E-state index in [4.69, 9.17) is 21.4 Å². The van der Waals surface area contributed by atoms with E-state index in [1.54, 1.807) is 13.4 Å². The molecule has 1 N–H and O–H groups in total. The van der Waals surface area contributed by atoms with Crippen LogP contribution in [0.25, 0.3) is 0 Å². The maximum atomic E-state index is 5.85.